The van der Waals surface area contributed by atoms with Gasteiger partial charge in [0.2, 0.25) is 5.91 Å². The van der Waals surface area contributed by atoms with Gasteiger partial charge < -0.3 is 15.1 Å². The van der Waals surface area contributed by atoms with E-state index in [1.54, 1.807) is 4.90 Å². The molecule has 2 rings (SSSR count). The van der Waals surface area contributed by atoms with E-state index in [2.05, 4.69) is 28.1 Å². The normalized spacial score (nSPS) is 17.6. The van der Waals surface area contributed by atoms with Crippen molar-refractivity contribution >= 4 is 23.5 Å². The minimum absolute atomic E-state index is 0.0396. The second kappa shape index (κ2) is 11.3. The van der Waals surface area contributed by atoms with Gasteiger partial charge in [-0.2, -0.15) is 0 Å². The third-order valence-corrected chi connectivity index (χ3v) is 5.19. The summed E-state index contributed by atoms with van der Waals surface area (Å²) in [6.45, 7) is 6.29. The highest BCUT2D eigenvalue weighted by molar-refractivity contribution is 6.30. The number of hydrogen-bond acceptors (Lipinski definition) is 3. The smallest absolute Gasteiger partial charge is 0.239 e. The summed E-state index contributed by atoms with van der Waals surface area (Å²) in [5.74, 6) is 1.11. The van der Waals surface area contributed by atoms with E-state index >= 15 is 0 Å². The van der Waals surface area contributed by atoms with E-state index < -0.39 is 0 Å². The lowest BCUT2D eigenvalue weighted by Crippen LogP contribution is -2.43. The SMILES string of the molecule is CCNC(=NCCCN1CCCC1C(=O)N(C)C)N(C)Cc1cccc(Cl)c1. The minimum atomic E-state index is 0.0396. The molecule has 0 aromatic heterocycles. The molecule has 6 nitrogen and oxygen atoms in total. The van der Waals surface area contributed by atoms with Crippen LogP contribution in [0.2, 0.25) is 5.02 Å². The zero-order chi connectivity index (χ0) is 20.5. The number of carbonyl (C=O) groups excluding carboxylic acids is 1. The van der Waals surface area contributed by atoms with Crippen LogP contribution in [0.4, 0.5) is 0 Å². The largest absolute Gasteiger partial charge is 0.357 e. The lowest BCUT2D eigenvalue weighted by atomic mass is 10.2. The molecule has 1 N–H and O–H groups in total. The van der Waals surface area contributed by atoms with E-state index in [-0.39, 0.29) is 11.9 Å². The van der Waals surface area contributed by atoms with Crippen molar-refractivity contribution in [2.75, 3.05) is 47.3 Å². The number of halogens is 1. The van der Waals surface area contributed by atoms with Crippen LogP contribution < -0.4 is 5.32 Å². The first-order valence-corrected chi connectivity index (χ1v) is 10.5. The number of rotatable bonds is 8. The fraction of sp³-hybridized carbons (Fsp3) is 0.619. The highest BCUT2D eigenvalue weighted by Gasteiger charge is 2.30. The summed E-state index contributed by atoms with van der Waals surface area (Å²) in [7, 11) is 5.71. The third-order valence-electron chi connectivity index (χ3n) is 4.96. The topological polar surface area (TPSA) is 51.2 Å². The van der Waals surface area contributed by atoms with Crippen molar-refractivity contribution < 1.29 is 4.79 Å². The number of amides is 1. The Labute approximate surface area is 174 Å². The molecule has 1 fully saturated rings. The van der Waals surface area contributed by atoms with Crippen molar-refractivity contribution in [1.29, 1.82) is 0 Å². The third kappa shape index (κ3) is 6.67. The number of nitrogens with zero attached hydrogens (tertiary/aromatic N) is 4. The van der Waals surface area contributed by atoms with Crippen LogP contribution in [0, 0.1) is 0 Å². The first kappa shape index (κ1) is 22.5. The Balaban J connectivity index is 1.87. The molecule has 0 saturated carbocycles. The molecule has 0 spiro atoms. The molecule has 1 amide bonds. The fourth-order valence-corrected chi connectivity index (χ4v) is 3.80. The van der Waals surface area contributed by atoms with Crippen molar-refractivity contribution in [2.24, 2.45) is 4.99 Å². The van der Waals surface area contributed by atoms with Crippen LogP contribution in [-0.2, 0) is 11.3 Å². The van der Waals surface area contributed by atoms with E-state index in [1.807, 2.05) is 39.3 Å². The van der Waals surface area contributed by atoms with Crippen LogP contribution >= 0.6 is 11.6 Å². The van der Waals surface area contributed by atoms with Gasteiger partial charge in [-0.15, -0.1) is 0 Å². The fourth-order valence-electron chi connectivity index (χ4n) is 3.58. The second-order valence-electron chi connectivity index (χ2n) is 7.50. The Morgan fingerprint density at radius 2 is 2.14 bits per heavy atom. The molecule has 1 aromatic rings. The van der Waals surface area contributed by atoms with Gasteiger partial charge in [0.25, 0.3) is 0 Å². The van der Waals surface area contributed by atoms with Crippen molar-refractivity contribution in [3.63, 3.8) is 0 Å². The predicted molar refractivity (Wildman–Crippen MR) is 117 cm³/mol. The first-order chi connectivity index (χ1) is 13.4. The van der Waals surface area contributed by atoms with E-state index in [0.29, 0.717) is 0 Å². The van der Waals surface area contributed by atoms with Crippen LogP contribution in [0.5, 0.6) is 0 Å². The lowest BCUT2D eigenvalue weighted by Gasteiger charge is -2.26. The predicted octanol–water partition coefficient (Wildman–Crippen LogP) is 2.68. The Kier molecular flexibility index (Phi) is 9.06. The number of hydrogen-bond donors (Lipinski definition) is 1. The van der Waals surface area contributed by atoms with Crippen molar-refractivity contribution in [1.82, 2.24) is 20.0 Å². The Bertz CT molecular complexity index is 664. The molecular formula is C21H34ClN5O. The minimum Gasteiger partial charge on any atom is -0.357 e. The van der Waals surface area contributed by atoms with Gasteiger partial charge >= 0.3 is 0 Å². The average Bonchev–Trinajstić information content (AvgIpc) is 3.11. The maximum absolute atomic E-state index is 12.3. The molecule has 1 heterocycles. The maximum Gasteiger partial charge on any atom is 0.239 e. The molecule has 28 heavy (non-hydrogen) atoms. The molecule has 156 valence electrons. The van der Waals surface area contributed by atoms with Crippen LogP contribution in [0.15, 0.2) is 29.3 Å². The summed E-state index contributed by atoms with van der Waals surface area (Å²) in [6.07, 6.45) is 3.00. The zero-order valence-corrected chi connectivity index (χ0v) is 18.4. The van der Waals surface area contributed by atoms with Crippen molar-refractivity contribution in [2.45, 2.75) is 38.8 Å². The van der Waals surface area contributed by atoms with Gasteiger partial charge in [-0.25, -0.2) is 0 Å². The monoisotopic (exact) mass is 407 g/mol. The van der Waals surface area contributed by atoms with Gasteiger partial charge in [-0.1, -0.05) is 23.7 Å². The van der Waals surface area contributed by atoms with Crippen molar-refractivity contribution in [3.05, 3.63) is 34.9 Å². The molecule has 0 bridgehead atoms. The second-order valence-corrected chi connectivity index (χ2v) is 7.94. The number of carbonyl (C=O) groups is 1. The number of guanidine groups is 1. The molecule has 1 unspecified atom stereocenters. The molecule has 1 atom stereocenters. The van der Waals surface area contributed by atoms with Gasteiger partial charge in [-0.05, 0) is 50.4 Å². The molecule has 1 aliphatic heterocycles. The first-order valence-electron chi connectivity index (χ1n) is 10.1. The van der Waals surface area contributed by atoms with E-state index in [4.69, 9.17) is 16.6 Å². The van der Waals surface area contributed by atoms with E-state index in [1.165, 1.54) is 0 Å². The highest BCUT2D eigenvalue weighted by atomic mass is 35.5. The van der Waals surface area contributed by atoms with Gasteiger partial charge in [0.05, 0.1) is 6.04 Å². The summed E-state index contributed by atoms with van der Waals surface area (Å²) in [4.78, 5) is 23.2. The standard InChI is InChI=1S/C21H34ClN5O/c1-5-23-21(26(4)16-17-9-6-10-18(22)15-17)24-12-8-14-27-13-7-11-19(27)20(28)25(2)3/h6,9-10,15,19H,5,7-8,11-14,16H2,1-4H3,(H,23,24). The molecule has 7 heteroatoms. The zero-order valence-electron chi connectivity index (χ0n) is 17.6. The number of aliphatic imine (C=N–C) groups is 1. The van der Waals surface area contributed by atoms with Crippen molar-refractivity contribution in [3.8, 4) is 0 Å². The maximum atomic E-state index is 12.3. The van der Waals surface area contributed by atoms with E-state index in [9.17, 15) is 4.79 Å². The van der Waals surface area contributed by atoms with Crippen LogP contribution in [-0.4, -0.2) is 79.9 Å². The van der Waals surface area contributed by atoms with Gasteiger partial charge in [-0.3, -0.25) is 14.7 Å². The van der Waals surface area contributed by atoms with Gasteiger partial charge in [0, 0.05) is 52.3 Å². The summed E-state index contributed by atoms with van der Waals surface area (Å²) in [5, 5.41) is 4.11. The Hall–Kier alpha value is -1.79. The number of benzene rings is 1. The molecule has 1 aliphatic rings. The number of likely N-dealkylation sites (tertiary alicyclic amines) is 1. The van der Waals surface area contributed by atoms with Gasteiger partial charge in [0.1, 0.15) is 0 Å². The average molecular weight is 408 g/mol. The molecular weight excluding hydrogens is 374 g/mol. The summed E-state index contributed by atoms with van der Waals surface area (Å²) in [5.41, 5.74) is 1.16. The summed E-state index contributed by atoms with van der Waals surface area (Å²) < 4.78 is 0. The summed E-state index contributed by atoms with van der Waals surface area (Å²) >= 11 is 6.09. The number of nitrogens with one attached hydrogen (secondary N) is 1. The lowest BCUT2D eigenvalue weighted by molar-refractivity contribution is -0.133. The Morgan fingerprint density at radius 3 is 2.82 bits per heavy atom. The van der Waals surface area contributed by atoms with Crippen LogP contribution in [0.1, 0.15) is 31.7 Å². The molecule has 0 aliphatic carbocycles. The quantitative estimate of drug-likeness (QED) is 0.409. The molecule has 0 radical (unpaired) electrons. The highest BCUT2D eigenvalue weighted by Crippen LogP contribution is 2.19. The van der Waals surface area contributed by atoms with Crippen LogP contribution in [0.3, 0.4) is 0 Å². The molecule has 1 saturated heterocycles. The molecule has 1 aromatic carbocycles. The Morgan fingerprint density at radius 1 is 1.36 bits per heavy atom. The van der Waals surface area contributed by atoms with Gasteiger partial charge in [0.15, 0.2) is 5.96 Å². The number of likely N-dealkylation sites (N-methyl/N-ethyl adjacent to an activating group) is 1. The van der Waals surface area contributed by atoms with E-state index in [0.717, 1.165) is 68.5 Å². The summed E-state index contributed by atoms with van der Waals surface area (Å²) in [6, 6.07) is 7.95. The van der Waals surface area contributed by atoms with Crippen LogP contribution in [0.25, 0.3) is 0 Å².